The minimum Gasteiger partial charge on any atom is -0.494 e. The maximum Gasteiger partial charge on any atom is 0.291 e. The number of benzene rings is 1. The molecule has 4 rings (SSSR count). The summed E-state index contributed by atoms with van der Waals surface area (Å²) in [4.78, 5) is 16.6. The normalized spacial score (nSPS) is 16.1. The fourth-order valence-electron chi connectivity index (χ4n) is 4.40. The summed E-state index contributed by atoms with van der Waals surface area (Å²) in [7, 11) is 0. The Hall–Kier alpha value is -2.57. The minimum absolute atomic E-state index is 0.0787. The fraction of sp³-hybridized carbons (Fsp3) is 0.423. The van der Waals surface area contributed by atoms with E-state index >= 15 is 0 Å². The van der Waals surface area contributed by atoms with Crippen molar-refractivity contribution in [3.05, 3.63) is 70.0 Å². The summed E-state index contributed by atoms with van der Waals surface area (Å²) in [6.07, 6.45) is 3.89. The van der Waals surface area contributed by atoms with Crippen LogP contribution in [0.25, 0.3) is 0 Å². The Morgan fingerprint density at radius 1 is 1.22 bits per heavy atom. The summed E-state index contributed by atoms with van der Waals surface area (Å²) < 4.78 is 11.0. The van der Waals surface area contributed by atoms with Gasteiger partial charge in [0.25, 0.3) is 5.91 Å². The lowest BCUT2D eigenvalue weighted by molar-refractivity contribution is 0.0996. The van der Waals surface area contributed by atoms with E-state index in [4.69, 9.17) is 9.15 Å². The van der Waals surface area contributed by atoms with Gasteiger partial charge in [0.05, 0.1) is 18.9 Å². The molecule has 1 unspecified atom stereocenters. The van der Waals surface area contributed by atoms with Gasteiger partial charge >= 0.3 is 0 Å². The summed E-state index contributed by atoms with van der Waals surface area (Å²) in [6, 6.07) is 11.9. The van der Waals surface area contributed by atoms with Crippen LogP contribution < -0.4 is 10.1 Å². The Kier molecular flexibility index (Phi) is 7.01. The zero-order chi connectivity index (χ0) is 22.7. The lowest BCUT2D eigenvalue weighted by atomic mass is 9.91. The van der Waals surface area contributed by atoms with Crippen molar-refractivity contribution >= 4 is 22.2 Å². The second-order valence-corrected chi connectivity index (χ2v) is 9.81. The number of carbonyl (C=O) groups is 1. The number of piperidine rings is 1. The molecule has 0 radical (unpaired) electrons. The molecular weight excluding hydrogens is 420 g/mol. The maximum atomic E-state index is 12.8. The van der Waals surface area contributed by atoms with Crippen molar-refractivity contribution in [2.75, 3.05) is 25.0 Å². The molecule has 3 aromatic rings. The Morgan fingerprint density at radius 3 is 2.56 bits per heavy atom. The standard InChI is InChI=1S/C26H32N2O3S/c1-5-30-21-10-8-20(9-11-21)24(28-14-12-17(2)13-15-28)23-18(3)19(4)32-26(23)27-25(29)22-7-6-16-31-22/h6-11,16-17,24H,5,12-15H2,1-4H3,(H,27,29). The number of likely N-dealkylation sites (tertiary alicyclic amines) is 1. The van der Waals surface area contributed by atoms with E-state index in [9.17, 15) is 4.79 Å². The number of anilines is 1. The first-order valence-electron chi connectivity index (χ1n) is 11.4. The Bertz CT molecular complexity index is 1030. The fourth-order valence-corrected chi connectivity index (χ4v) is 5.49. The number of nitrogens with zero attached hydrogens (tertiary/aromatic N) is 1. The third-order valence-electron chi connectivity index (χ3n) is 6.37. The molecule has 3 heterocycles. The molecule has 0 saturated carbocycles. The smallest absolute Gasteiger partial charge is 0.291 e. The van der Waals surface area contributed by atoms with Crippen molar-refractivity contribution in [2.45, 2.75) is 46.6 Å². The highest BCUT2D eigenvalue weighted by Crippen LogP contribution is 2.43. The Balaban J connectivity index is 1.74. The zero-order valence-corrected chi connectivity index (χ0v) is 20.1. The number of amides is 1. The van der Waals surface area contributed by atoms with Gasteiger partial charge in [-0.1, -0.05) is 19.1 Å². The van der Waals surface area contributed by atoms with E-state index in [1.165, 1.54) is 40.7 Å². The SMILES string of the molecule is CCOc1ccc(C(c2c(NC(=O)c3ccco3)sc(C)c2C)N2CCC(C)CC2)cc1. The molecular formula is C26H32N2O3S. The number of furan rings is 1. The lowest BCUT2D eigenvalue weighted by Crippen LogP contribution is -2.37. The molecule has 170 valence electrons. The first kappa shape index (κ1) is 22.6. The average Bonchev–Trinajstić information content (AvgIpc) is 3.41. The van der Waals surface area contributed by atoms with E-state index in [-0.39, 0.29) is 11.9 Å². The second kappa shape index (κ2) is 9.92. The van der Waals surface area contributed by atoms with Crippen molar-refractivity contribution in [2.24, 2.45) is 5.92 Å². The molecule has 1 N–H and O–H groups in total. The molecule has 0 aliphatic carbocycles. The molecule has 2 aromatic heterocycles. The molecule has 32 heavy (non-hydrogen) atoms. The maximum absolute atomic E-state index is 12.8. The quantitative estimate of drug-likeness (QED) is 0.449. The third kappa shape index (κ3) is 4.76. The molecule has 1 aliphatic rings. The zero-order valence-electron chi connectivity index (χ0n) is 19.3. The molecule has 1 aromatic carbocycles. The van der Waals surface area contributed by atoms with Crippen LogP contribution in [0.3, 0.4) is 0 Å². The molecule has 1 saturated heterocycles. The summed E-state index contributed by atoms with van der Waals surface area (Å²) >= 11 is 1.64. The van der Waals surface area contributed by atoms with Crippen LogP contribution in [-0.4, -0.2) is 30.5 Å². The first-order chi connectivity index (χ1) is 15.5. The van der Waals surface area contributed by atoms with Gasteiger partial charge in [-0.25, -0.2) is 0 Å². The van der Waals surface area contributed by atoms with Crippen LogP contribution in [0.5, 0.6) is 5.75 Å². The average molecular weight is 453 g/mol. The number of nitrogens with one attached hydrogen (secondary N) is 1. The molecule has 1 fully saturated rings. The molecule has 1 aliphatic heterocycles. The molecule has 0 bridgehead atoms. The van der Waals surface area contributed by atoms with Crippen molar-refractivity contribution in [3.8, 4) is 5.75 Å². The second-order valence-electron chi connectivity index (χ2n) is 8.58. The van der Waals surface area contributed by atoms with E-state index in [1.807, 2.05) is 19.1 Å². The summed E-state index contributed by atoms with van der Waals surface area (Å²) in [5, 5.41) is 4.04. The van der Waals surface area contributed by atoms with Crippen LogP contribution in [-0.2, 0) is 0 Å². The van der Waals surface area contributed by atoms with Crippen LogP contribution in [0.15, 0.2) is 47.1 Å². The summed E-state index contributed by atoms with van der Waals surface area (Å²) in [5.41, 5.74) is 3.64. The molecule has 1 amide bonds. The Labute approximate surface area is 194 Å². The van der Waals surface area contributed by atoms with E-state index in [0.717, 1.165) is 29.8 Å². The lowest BCUT2D eigenvalue weighted by Gasteiger charge is -2.38. The monoisotopic (exact) mass is 452 g/mol. The third-order valence-corrected chi connectivity index (χ3v) is 7.51. The number of carbonyl (C=O) groups excluding carboxylic acids is 1. The number of hydrogen-bond acceptors (Lipinski definition) is 5. The Morgan fingerprint density at radius 2 is 1.94 bits per heavy atom. The van der Waals surface area contributed by atoms with Crippen LogP contribution in [0.2, 0.25) is 0 Å². The number of thiophene rings is 1. The van der Waals surface area contributed by atoms with Gasteiger partial charge in [0.2, 0.25) is 0 Å². The van der Waals surface area contributed by atoms with Gasteiger partial charge in [-0.05, 0) is 88.0 Å². The summed E-state index contributed by atoms with van der Waals surface area (Å²) in [5.74, 6) is 1.74. The van der Waals surface area contributed by atoms with E-state index < -0.39 is 0 Å². The highest BCUT2D eigenvalue weighted by Gasteiger charge is 2.31. The summed E-state index contributed by atoms with van der Waals surface area (Å²) in [6.45, 7) is 11.4. The first-order valence-corrected chi connectivity index (χ1v) is 12.2. The predicted octanol–water partition coefficient (Wildman–Crippen LogP) is 6.43. The topological polar surface area (TPSA) is 54.7 Å². The van der Waals surface area contributed by atoms with Gasteiger partial charge in [0, 0.05) is 10.4 Å². The van der Waals surface area contributed by atoms with Crippen molar-refractivity contribution in [3.63, 3.8) is 0 Å². The van der Waals surface area contributed by atoms with Gasteiger partial charge < -0.3 is 14.5 Å². The van der Waals surface area contributed by atoms with Crippen LogP contribution in [0, 0.1) is 19.8 Å². The van der Waals surface area contributed by atoms with E-state index in [0.29, 0.717) is 12.4 Å². The largest absolute Gasteiger partial charge is 0.494 e. The molecule has 5 nitrogen and oxygen atoms in total. The van der Waals surface area contributed by atoms with Gasteiger partial charge in [-0.3, -0.25) is 9.69 Å². The molecule has 0 spiro atoms. The molecule has 6 heteroatoms. The number of aryl methyl sites for hydroxylation is 1. The van der Waals surface area contributed by atoms with Crippen LogP contribution >= 0.6 is 11.3 Å². The van der Waals surface area contributed by atoms with Gasteiger partial charge in [-0.2, -0.15) is 0 Å². The number of hydrogen-bond donors (Lipinski definition) is 1. The van der Waals surface area contributed by atoms with E-state index in [1.54, 1.807) is 23.5 Å². The van der Waals surface area contributed by atoms with Crippen molar-refractivity contribution in [1.82, 2.24) is 4.90 Å². The number of ether oxygens (including phenoxy) is 1. The van der Waals surface area contributed by atoms with E-state index in [2.05, 4.69) is 43.1 Å². The van der Waals surface area contributed by atoms with Crippen LogP contribution in [0.1, 0.15) is 64.9 Å². The van der Waals surface area contributed by atoms with Crippen molar-refractivity contribution in [1.29, 1.82) is 0 Å². The minimum atomic E-state index is -0.213. The van der Waals surface area contributed by atoms with Gasteiger partial charge in [-0.15, -0.1) is 11.3 Å². The van der Waals surface area contributed by atoms with Crippen molar-refractivity contribution < 1.29 is 13.9 Å². The van der Waals surface area contributed by atoms with Gasteiger partial charge in [0.1, 0.15) is 10.8 Å². The molecule has 1 atom stereocenters. The highest BCUT2D eigenvalue weighted by atomic mass is 32.1. The predicted molar refractivity (Wildman–Crippen MR) is 130 cm³/mol. The highest BCUT2D eigenvalue weighted by molar-refractivity contribution is 7.16. The number of rotatable bonds is 7. The van der Waals surface area contributed by atoms with Crippen LogP contribution in [0.4, 0.5) is 5.00 Å². The van der Waals surface area contributed by atoms with Gasteiger partial charge in [0.15, 0.2) is 5.76 Å².